The molecule has 27 heavy (non-hydrogen) atoms. The van der Waals surface area contributed by atoms with Crippen molar-refractivity contribution in [1.82, 2.24) is 0 Å². The number of amides is 1. The lowest BCUT2D eigenvalue weighted by Gasteiger charge is -2.19. The Hall–Kier alpha value is -2.64. The van der Waals surface area contributed by atoms with Crippen LogP contribution in [0.5, 0.6) is 0 Å². The van der Waals surface area contributed by atoms with Crippen molar-refractivity contribution in [3.05, 3.63) is 88.9 Å². The van der Waals surface area contributed by atoms with Gasteiger partial charge >= 0.3 is 0 Å². The maximum absolute atomic E-state index is 12.9. The highest BCUT2D eigenvalue weighted by atomic mass is 79.9. The zero-order chi connectivity index (χ0) is 19.4. The molecule has 5 nitrogen and oxygen atoms in total. The minimum Gasteiger partial charge on any atom is -0.321 e. The number of hydrogen-bond donors (Lipinski definition) is 1. The molecule has 0 aliphatic rings. The molecular formula is C20H17BrN2O3S. The highest BCUT2D eigenvalue weighted by Gasteiger charge is 2.22. The van der Waals surface area contributed by atoms with Gasteiger partial charge in [0.15, 0.2) is 0 Å². The van der Waals surface area contributed by atoms with Crippen LogP contribution in [0.15, 0.2) is 88.2 Å². The van der Waals surface area contributed by atoms with Crippen LogP contribution in [0.4, 0.5) is 11.4 Å². The maximum Gasteiger partial charge on any atom is 0.264 e. The summed E-state index contributed by atoms with van der Waals surface area (Å²) in [5.74, 6) is -0.388. The van der Waals surface area contributed by atoms with E-state index >= 15 is 0 Å². The van der Waals surface area contributed by atoms with Crippen molar-refractivity contribution in [3.8, 4) is 0 Å². The molecule has 0 saturated heterocycles. The van der Waals surface area contributed by atoms with Gasteiger partial charge in [-0.05, 0) is 58.4 Å². The molecule has 0 spiro atoms. The van der Waals surface area contributed by atoms with E-state index in [9.17, 15) is 13.2 Å². The van der Waals surface area contributed by atoms with E-state index in [1.165, 1.54) is 23.5 Å². The van der Waals surface area contributed by atoms with Gasteiger partial charge < -0.3 is 5.32 Å². The number of carbonyl (C=O) groups excluding carboxylic acids is 1. The SMILES string of the molecule is CN(c1ccccc1)S(=O)(=O)c1cccc(C(=O)Nc2ccccc2Br)c1. The largest absolute Gasteiger partial charge is 0.321 e. The van der Waals surface area contributed by atoms with Gasteiger partial charge in [-0.1, -0.05) is 36.4 Å². The third kappa shape index (κ3) is 4.20. The van der Waals surface area contributed by atoms with Crippen LogP contribution in [0.2, 0.25) is 0 Å². The van der Waals surface area contributed by atoms with Gasteiger partial charge in [0.05, 0.1) is 16.3 Å². The number of halogens is 1. The molecule has 0 saturated carbocycles. The molecule has 1 amide bonds. The summed E-state index contributed by atoms with van der Waals surface area (Å²) in [5.41, 5.74) is 1.41. The number of benzene rings is 3. The molecule has 3 aromatic carbocycles. The lowest BCUT2D eigenvalue weighted by atomic mass is 10.2. The highest BCUT2D eigenvalue weighted by molar-refractivity contribution is 9.10. The van der Waals surface area contributed by atoms with Crippen LogP contribution in [0.1, 0.15) is 10.4 Å². The lowest BCUT2D eigenvalue weighted by Crippen LogP contribution is -2.26. The Morgan fingerprint density at radius 3 is 2.30 bits per heavy atom. The number of carbonyl (C=O) groups is 1. The summed E-state index contributed by atoms with van der Waals surface area (Å²) < 4.78 is 27.7. The zero-order valence-electron chi connectivity index (χ0n) is 14.5. The minimum atomic E-state index is -3.79. The van der Waals surface area contributed by atoms with E-state index in [-0.39, 0.29) is 16.4 Å². The molecular weight excluding hydrogens is 428 g/mol. The Morgan fingerprint density at radius 1 is 0.926 bits per heavy atom. The predicted molar refractivity (Wildman–Crippen MR) is 111 cm³/mol. The van der Waals surface area contributed by atoms with Crippen molar-refractivity contribution in [2.75, 3.05) is 16.7 Å². The first-order chi connectivity index (χ1) is 12.9. The molecule has 0 fully saturated rings. The molecule has 0 atom stereocenters. The molecule has 0 bridgehead atoms. The number of anilines is 2. The van der Waals surface area contributed by atoms with Gasteiger partial charge in [0.2, 0.25) is 0 Å². The summed E-state index contributed by atoms with van der Waals surface area (Å²) in [6.07, 6.45) is 0. The molecule has 1 N–H and O–H groups in total. The molecule has 0 aromatic heterocycles. The summed E-state index contributed by atoms with van der Waals surface area (Å²) in [6, 6.07) is 22.0. The van der Waals surface area contributed by atoms with E-state index in [2.05, 4.69) is 21.2 Å². The van der Waals surface area contributed by atoms with Crippen molar-refractivity contribution >= 4 is 43.2 Å². The van der Waals surface area contributed by atoms with Gasteiger partial charge in [0, 0.05) is 17.1 Å². The van der Waals surface area contributed by atoms with Crippen LogP contribution in [0, 0.1) is 0 Å². The standard InChI is InChI=1S/C20H17BrN2O3S/c1-23(16-9-3-2-4-10-16)27(25,26)17-11-7-8-15(14-17)20(24)22-19-13-6-5-12-18(19)21/h2-14H,1H3,(H,22,24). The number of nitrogens with zero attached hydrogens (tertiary/aromatic N) is 1. The van der Waals surface area contributed by atoms with Crippen LogP contribution >= 0.6 is 15.9 Å². The summed E-state index contributed by atoms with van der Waals surface area (Å²) in [6.45, 7) is 0. The van der Waals surface area contributed by atoms with Crippen LogP contribution in [-0.4, -0.2) is 21.4 Å². The predicted octanol–water partition coefficient (Wildman–Crippen LogP) is 4.53. The summed E-state index contributed by atoms with van der Waals surface area (Å²) in [7, 11) is -2.30. The van der Waals surface area contributed by atoms with Gasteiger partial charge in [-0.3, -0.25) is 9.10 Å². The molecule has 138 valence electrons. The Labute approximate surface area is 166 Å². The smallest absolute Gasteiger partial charge is 0.264 e. The third-order valence-electron chi connectivity index (χ3n) is 4.00. The van der Waals surface area contributed by atoms with E-state index in [1.807, 2.05) is 18.2 Å². The maximum atomic E-state index is 12.9. The number of rotatable bonds is 5. The fourth-order valence-electron chi connectivity index (χ4n) is 2.49. The normalized spacial score (nSPS) is 11.0. The average Bonchev–Trinajstić information content (AvgIpc) is 2.70. The summed E-state index contributed by atoms with van der Waals surface area (Å²) >= 11 is 3.37. The Morgan fingerprint density at radius 2 is 1.59 bits per heavy atom. The first-order valence-electron chi connectivity index (χ1n) is 8.09. The zero-order valence-corrected chi connectivity index (χ0v) is 16.9. The Kier molecular flexibility index (Phi) is 5.62. The van der Waals surface area contributed by atoms with E-state index in [1.54, 1.807) is 48.5 Å². The lowest BCUT2D eigenvalue weighted by molar-refractivity contribution is 0.102. The molecule has 0 unspecified atom stereocenters. The molecule has 0 radical (unpaired) electrons. The molecule has 7 heteroatoms. The van der Waals surface area contributed by atoms with Crippen LogP contribution in [0.3, 0.4) is 0 Å². The summed E-state index contributed by atoms with van der Waals surface area (Å²) in [5, 5.41) is 2.77. The van der Waals surface area contributed by atoms with Crippen LogP contribution in [-0.2, 0) is 10.0 Å². The van der Waals surface area contributed by atoms with Gasteiger partial charge in [0.1, 0.15) is 0 Å². The third-order valence-corrected chi connectivity index (χ3v) is 6.47. The second-order valence-corrected chi connectivity index (χ2v) is 8.59. The van der Waals surface area contributed by atoms with E-state index in [0.29, 0.717) is 11.4 Å². The molecule has 0 aliphatic carbocycles. The first kappa shape index (κ1) is 19.1. The average molecular weight is 445 g/mol. The van der Waals surface area contributed by atoms with Crippen LogP contribution in [0.25, 0.3) is 0 Å². The van der Waals surface area contributed by atoms with Gasteiger partial charge in [-0.15, -0.1) is 0 Å². The van der Waals surface area contributed by atoms with E-state index < -0.39 is 10.0 Å². The quantitative estimate of drug-likeness (QED) is 0.628. The second kappa shape index (κ2) is 7.94. The number of para-hydroxylation sites is 2. The van der Waals surface area contributed by atoms with Gasteiger partial charge in [-0.2, -0.15) is 0 Å². The van der Waals surface area contributed by atoms with Crippen LogP contribution < -0.4 is 9.62 Å². The molecule has 0 aliphatic heterocycles. The molecule has 3 aromatic rings. The fraction of sp³-hybridized carbons (Fsp3) is 0.0500. The Bertz CT molecular complexity index is 1070. The molecule has 3 rings (SSSR count). The fourth-order valence-corrected chi connectivity index (χ4v) is 4.12. The van der Waals surface area contributed by atoms with Crippen molar-refractivity contribution < 1.29 is 13.2 Å². The van der Waals surface area contributed by atoms with Gasteiger partial charge in [0.25, 0.3) is 15.9 Å². The Balaban J connectivity index is 1.89. The van der Waals surface area contributed by atoms with Gasteiger partial charge in [-0.25, -0.2) is 8.42 Å². The topological polar surface area (TPSA) is 66.5 Å². The van der Waals surface area contributed by atoms with E-state index in [0.717, 1.165) is 4.47 Å². The monoisotopic (exact) mass is 444 g/mol. The molecule has 0 heterocycles. The number of hydrogen-bond acceptors (Lipinski definition) is 3. The summed E-state index contributed by atoms with van der Waals surface area (Å²) in [4.78, 5) is 12.6. The van der Waals surface area contributed by atoms with Crippen molar-refractivity contribution in [1.29, 1.82) is 0 Å². The van der Waals surface area contributed by atoms with Crippen molar-refractivity contribution in [2.24, 2.45) is 0 Å². The number of nitrogens with one attached hydrogen (secondary N) is 1. The number of sulfonamides is 1. The van der Waals surface area contributed by atoms with Crippen molar-refractivity contribution in [3.63, 3.8) is 0 Å². The van der Waals surface area contributed by atoms with E-state index in [4.69, 9.17) is 0 Å². The minimum absolute atomic E-state index is 0.0497. The van der Waals surface area contributed by atoms with Crippen molar-refractivity contribution in [2.45, 2.75) is 4.90 Å². The first-order valence-corrected chi connectivity index (χ1v) is 10.3. The highest BCUT2D eigenvalue weighted by Crippen LogP contribution is 2.24. The second-order valence-electron chi connectivity index (χ2n) is 5.77.